The summed E-state index contributed by atoms with van der Waals surface area (Å²) in [6.07, 6.45) is 1.06. The Balaban J connectivity index is 0.000000201. The van der Waals surface area contributed by atoms with E-state index in [9.17, 15) is 41.4 Å². The van der Waals surface area contributed by atoms with Crippen LogP contribution in [-0.2, 0) is 47.6 Å². The maximum atomic E-state index is 12.4. The number of phenols is 2. The minimum Gasteiger partial charge on any atom is -0.506 e. The number of nitrogens with one attached hydrogen (secondary N) is 3. The van der Waals surface area contributed by atoms with Crippen molar-refractivity contribution in [2.24, 2.45) is 0 Å². The van der Waals surface area contributed by atoms with E-state index in [-0.39, 0.29) is 41.1 Å². The molecular weight excluding hydrogens is 630 g/mol. The second-order valence-corrected chi connectivity index (χ2v) is 13.4. The molecule has 15 nitrogen and oxygen atoms in total. The molecule has 3 aromatic carbocycles. The maximum absolute atomic E-state index is 12.4. The van der Waals surface area contributed by atoms with Gasteiger partial charge >= 0.3 is 20.4 Å². The Kier molecular flexibility index (Phi) is 8.48. The first-order chi connectivity index (χ1) is 21.3. The molecule has 0 saturated carbocycles. The number of aryl methyl sites for hydroxylation is 2. The number of anilines is 3. The number of carbonyl (C=O) groups excluding carboxylic acids is 3. The first kappa shape index (κ1) is 31.4. The van der Waals surface area contributed by atoms with Crippen molar-refractivity contribution in [3.05, 3.63) is 71.8 Å². The van der Waals surface area contributed by atoms with Gasteiger partial charge in [0.2, 0.25) is 0 Å². The monoisotopic (exact) mass is 659 g/mol. The predicted octanol–water partition coefficient (Wildman–Crippen LogP) is 1.04. The third kappa shape index (κ3) is 6.73. The van der Waals surface area contributed by atoms with Crippen molar-refractivity contribution in [1.29, 1.82) is 0 Å². The van der Waals surface area contributed by atoms with Gasteiger partial charge in [0.05, 0.1) is 11.4 Å². The lowest BCUT2D eigenvalue weighted by molar-refractivity contribution is -0.123. The molecule has 0 aliphatic carbocycles. The Bertz CT molecular complexity index is 1900. The Morgan fingerprint density at radius 1 is 0.822 bits per heavy atom. The lowest BCUT2D eigenvalue weighted by atomic mass is 10.1. The van der Waals surface area contributed by atoms with Crippen LogP contribution in [0.15, 0.2) is 60.7 Å². The van der Waals surface area contributed by atoms with Gasteiger partial charge in [-0.2, -0.15) is 16.8 Å². The lowest BCUT2D eigenvalue weighted by Crippen LogP contribution is -2.32. The zero-order valence-electron chi connectivity index (χ0n) is 23.8. The lowest BCUT2D eigenvalue weighted by Gasteiger charge is -2.19. The van der Waals surface area contributed by atoms with Crippen LogP contribution in [0.2, 0.25) is 0 Å². The molecule has 2 saturated heterocycles. The molecule has 1 unspecified atom stereocenters. The van der Waals surface area contributed by atoms with Gasteiger partial charge in [-0.05, 0) is 60.7 Å². The molecule has 0 aromatic heterocycles. The van der Waals surface area contributed by atoms with Crippen LogP contribution in [0.5, 0.6) is 17.2 Å². The summed E-state index contributed by atoms with van der Waals surface area (Å²) in [7, 11) is -7.88. The normalized spacial score (nSPS) is 19.8. The number of benzene rings is 3. The highest BCUT2D eigenvalue weighted by Crippen LogP contribution is 2.35. The van der Waals surface area contributed by atoms with E-state index in [0.717, 1.165) is 31.8 Å². The summed E-state index contributed by atoms with van der Waals surface area (Å²) in [6, 6.07) is 16.2. The molecule has 5 N–H and O–H groups in total. The van der Waals surface area contributed by atoms with E-state index >= 15 is 0 Å². The van der Waals surface area contributed by atoms with Crippen LogP contribution >= 0.6 is 0 Å². The molecule has 3 amide bonds. The van der Waals surface area contributed by atoms with E-state index in [1.165, 1.54) is 30.3 Å². The van der Waals surface area contributed by atoms with E-state index in [1.54, 1.807) is 6.07 Å². The second kappa shape index (κ2) is 12.2. The summed E-state index contributed by atoms with van der Waals surface area (Å²) in [5, 5.41) is 22.8. The van der Waals surface area contributed by atoms with Crippen LogP contribution in [-0.4, -0.2) is 64.0 Å². The molecule has 238 valence electrons. The van der Waals surface area contributed by atoms with Gasteiger partial charge in [-0.3, -0.25) is 14.4 Å². The third-order valence-electron chi connectivity index (χ3n) is 7.09. The first-order valence-corrected chi connectivity index (χ1v) is 16.5. The maximum Gasteiger partial charge on any atom is 0.326 e. The highest BCUT2D eigenvalue weighted by atomic mass is 32.2. The van der Waals surface area contributed by atoms with Crippen molar-refractivity contribution in [3.8, 4) is 17.2 Å². The molecule has 2 fully saturated rings. The summed E-state index contributed by atoms with van der Waals surface area (Å²) in [6.45, 7) is 1.20. The van der Waals surface area contributed by atoms with Gasteiger partial charge in [-0.25, -0.2) is 18.1 Å². The van der Waals surface area contributed by atoms with Crippen molar-refractivity contribution in [2.75, 3.05) is 27.0 Å². The van der Waals surface area contributed by atoms with E-state index in [2.05, 4.69) is 5.32 Å². The first-order valence-electron chi connectivity index (χ1n) is 13.6. The second-order valence-electron chi connectivity index (χ2n) is 10.2. The SMILES string of the molecule is CCc1ccc(N2CC(=O)NS2(=O)=O)c(O)c1.O=C1CN(c2ccc(OC3CCc4ccccc4NC3=O)cc2O)S(=O)(=O)N1. The molecular formula is C28H29N5O10S2. The van der Waals surface area contributed by atoms with E-state index in [1.807, 2.05) is 40.6 Å². The summed E-state index contributed by atoms with van der Waals surface area (Å²) in [4.78, 5) is 34.9. The smallest absolute Gasteiger partial charge is 0.326 e. The number of fused-ring (bicyclic) bond motifs is 1. The number of hydrogen-bond donors (Lipinski definition) is 5. The number of phenolic OH excluding ortho intramolecular Hbond substituents is 2. The van der Waals surface area contributed by atoms with Crippen LogP contribution in [0.25, 0.3) is 0 Å². The average Bonchev–Trinajstić information content (AvgIpc) is 3.34. The highest BCUT2D eigenvalue weighted by Gasteiger charge is 2.36. The fourth-order valence-electron chi connectivity index (χ4n) is 4.88. The topological polar surface area (TPSA) is 212 Å². The molecule has 0 bridgehead atoms. The fourth-order valence-corrected chi connectivity index (χ4v) is 7.20. The fraction of sp³-hybridized carbons (Fsp3) is 0.250. The summed E-state index contributed by atoms with van der Waals surface area (Å²) in [5.74, 6) is -1.91. The highest BCUT2D eigenvalue weighted by molar-refractivity contribution is 7.92. The number of aromatic hydroxyl groups is 2. The van der Waals surface area contributed by atoms with Crippen LogP contribution in [0, 0.1) is 0 Å². The summed E-state index contributed by atoms with van der Waals surface area (Å²) in [5.41, 5.74) is 2.70. The number of amides is 3. The van der Waals surface area contributed by atoms with Gasteiger partial charge in [0.15, 0.2) is 6.10 Å². The average molecular weight is 660 g/mol. The number of hydrogen-bond acceptors (Lipinski definition) is 10. The molecule has 3 aliphatic heterocycles. The minimum atomic E-state index is -4.03. The van der Waals surface area contributed by atoms with Gasteiger partial charge in [0.25, 0.3) is 17.7 Å². The Labute approximate surface area is 258 Å². The number of para-hydroxylation sites is 1. The zero-order valence-corrected chi connectivity index (χ0v) is 25.4. The quantitative estimate of drug-likeness (QED) is 0.263. The number of nitrogens with zero attached hydrogens (tertiary/aromatic N) is 2. The zero-order chi connectivity index (χ0) is 32.5. The van der Waals surface area contributed by atoms with Crippen molar-refractivity contribution in [2.45, 2.75) is 32.3 Å². The largest absolute Gasteiger partial charge is 0.506 e. The third-order valence-corrected chi connectivity index (χ3v) is 9.88. The van der Waals surface area contributed by atoms with Gasteiger partial charge in [0.1, 0.15) is 30.3 Å². The standard InChI is InChI=1S/C18H17N3O6S.C10H12N2O4S/c22-15-9-12(6-7-14(15)21-10-17(23)20-28(21,25)26)27-16-8-5-11-3-1-2-4-13(11)19-18(16)24;1-2-7-3-4-8(9(13)5-7)12-6-10(14)11-17(12,15)16/h1-4,6-7,9,16,22H,5,8,10H2,(H,19,24)(H,20,23);3-5,13H,2,6H2,1H3,(H,11,14). The predicted molar refractivity (Wildman–Crippen MR) is 162 cm³/mol. The molecule has 6 rings (SSSR count). The van der Waals surface area contributed by atoms with E-state index < -0.39 is 44.9 Å². The molecule has 3 aromatic rings. The molecule has 0 spiro atoms. The molecule has 0 radical (unpaired) electrons. The number of ether oxygens (including phenoxy) is 1. The Morgan fingerprint density at radius 2 is 1.40 bits per heavy atom. The minimum absolute atomic E-state index is 0.0524. The van der Waals surface area contributed by atoms with Crippen LogP contribution in [0.3, 0.4) is 0 Å². The van der Waals surface area contributed by atoms with Crippen LogP contribution in [0.4, 0.5) is 17.1 Å². The van der Waals surface area contributed by atoms with Crippen molar-refractivity contribution in [1.82, 2.24) is 9.44 Å². The van der Waals surface area contributed by atoms with E-state index in [4.69, 9.17) is 4.74 Å². The Hall–Kier alpha value is -5.03. The molecule has 17 heteroatoms. The van der Waals surface area contributed by atoms with Crippen LogP contribution in [0.1, 0.15) is 24.5 Å². The van der Waals surface area contributed by atoms with Gasteiger partial charge in [-0.15, -0.1) is 0 Å². The molecule has 1 atom stereocenters. The molecule has 3 heterocycles. The van der Waals surface area contributed by atoms with Crippen molar-refractivity contribution >= 4 is 55.2 Å². The summed E-state index contributed by atoms with van der Waals surface area (Å²) >= 11 is 0. The van der Waals surface area contributed by atoms with Crippen molar-refractivity contribution in [3.63, 3.8) is 0 Å². The number of carbonyl (C=O) groups is 3. The molecule has 3 aliphatic rings. The number of rotatable bonds is 5. The van der Waals surface area contributed by atoms with Gasteiger partial charge in [0, 0.05) is 11.8 Å². The van der Waals surface area contributed by atoms with Gasteiger partial charge < -0.3 is 20.3 Å². The van der Waals surface area contributed by atoms with E-state index in [0.29, 0.717) is 12.8 Å². The molecule has 45 heavy (non-hydrogen) atoms. The summed E-state index contributed by atoms with van der Waals surface area (Å²) < 4.78 is 58.0. The van der Waals surface area contributed by atoms with Gasteiger partial charge in [-0.1, -0.05) is 31.2 Å². The Morgan fingerprint density at radius 3 is 1.93 bits per heavy atom. The van der Waals surface area contributed by atoms with Crippen LogP contribution < -0.4 is 28.1 Å². The van der Waals surface area contributed by atoms with Crippen molar-refractivity contribution < 1.29 is 46.2 Å².